The molecule has 6 nitrogen and oxygen atoms in total. The molecule has 3 N–H and O–H groups in total. The number of hydrogen-bond acceptors (Lipinski definition) is 5. The molecule has 0 unspecified atom stereocenters. The summed E-state index contributed by atoms with van der Waals surface area (Å²) in [7, 11) is -3.29. The first-order chi connectivity index (χ1) is 9.19. The Morgan fingerprint density at radius 3 is 2.30 bits per heavy atom. The Morgan fingerprint density at radius 1 is 1.30 bits per heavy atom. The van der Waals surface area contributed by atoms with Crippen molar-refractivity contribution in [1.82, 2.24) is 0 Å². The molecule has 0 fully saturated rings. The number of nitrogens with one attached hydrogen (secondary N) is 1. The maximum absolute atomic E-state index is 11.6. The Bertz CT molecular complexity index is 552. The molecule has 0 saturated carbocycles. The van der Waals surface area contributed by atoms with Crippen molar-refractivity contribution in [3.8, 4) is 0 Å². The fourth-order valence-electron chi connectivity index (χ4n) is 1.41. The van der Waals surface area contributed by atoms with Gasteiger partial charge in [-0.2, -0.15) is 0 Å². The van der Waals surface area contributed by atoms with Crippen molar-refractivity contribution in [2.24, 2.45) is 11.7 Å². The summed E-state index contributed by atoms with van der Waals surface area (Å²) >= 11 is 0. The number of hydrogen-bond donors (Lipinski definition) is 2. The van der Waals surface area contributed by atoms with Gasteiger partial charge in [-0.1, -0.05) is 26.0 Å². The SMILES string of the molecule is CC(C)[C@H](N)C(=O)OCc1ccc(NS(C)(=O)=O)cc1. The highest BCUT2D eigenvalue weighted by Gasteiger charge is 2.18. The smallest absolute Gasteiger partial charge is 0.323 e. The van der Waals surface area contributed by atoms with Gasteiger partial charge < -0.3 is 10.5 Å². The molecule has 1 aromatic carbocycles. The summed E-state index contributed by atoms with van der Waals surface area (Å²) in [6.07, 6.45) is 1.08. The molecule has 0 aliphatic heterocycles. The molecule has 0 saturated heterocycles. The predicted molar refractivity (Wildman–Crippen MR) is 77.5 cm³/mol. The van der Waals surface area contributed by atoms with Crippen LogP contribution in [-0.2, 0) is 26.2 Å². The Morgan fingerprint density at radius 2 is 1.85 bits per heavy atom. The lowest BCUT2D eigenvalue weighted by molar-refractivity contribution is -0.147. The molecule has 1 atom stereocenters. The molecular formula is C13H20N2O4S. The third-order valence-corrected chi connectivity index (χ3v) is 3.24. The van der Waals surface area contributed by atoms with Crippen LogP contribution >= 0.6 is 0 Å². The van der Waals surface area contributed by atoms with Crippen LogP contribution in [-0.4, -0.2) is 26.7 Å². The van der Waals surface area contributed by atoms with Crippen LogP contribution in [0.15, 0.2) is 24.3 Å². The van der Waals surface area contributed by atoms with Crippen molar-refractivity contribution in [1.29, 1.82) is 0 Å². The monoisotopic (exact) mass is 300 g/mol. The minimum atomic E-state index is -3.29. The van der Waals surface area contributed by atoms with Gasteiger partial charge in [0.05, 0.1) is 6.26 Å². The molecule has 7 heteroatoms. The van der Waals surface area contributed by atoms with Gasteiger partial charge in [0.15, 0.2) is 0 Å². The standard InChI is InChI=1S/C13H20N2O4S/c1-9(2)12(14)13(16)19-8-10-4-6-11(7-5-10)15-20(3,17)18/h4-7,9,12,15H,8,14H2,1-3H3/t12-/m0/s1. The maximum Gasteiger partial charge on any atom is 0.323 e. The van der Waals surface area contributed by atoms with Gasteiger partial charge in [-0.25, -0.2) is 8.42 Å². The zero-order valence-electron chi connectivity index (χ0n) is 11.8. The predicted octanol–water partition coefficient (Wildman–Crippen LogP) is 1.08. The number of esters is 1. The number of carbonyl (C=O) groups is 1. The molecule has 1 rings (SSSR count). The Hall–Kier alpha value is -1.60. The van der Waals surface area contributed by atoms with Crippen LogP contribution in [0.2, 0.25) is 0 Å². The van der Waals surface area contributed by atoms with E-state index in [4.69, 9.17) is 10.5 Å². The average molecular weight is 300 g/mol. The zero-order valence-corrected chi connectivity index (χ0v) is 12.6. The summed E-state index contributed by atoms with van der Waals surface area (Å²) in [6, 6.07) is 5.93. The van der Waals surface area contributed by atoms with Gasteiger partial charge in [-0.05, 0) is 23.6 Å². The fraction of sp³-hybridized carbons (Fsp3) is 0.462. The van der Waals surface area contributed by atoms with Gasteiger partial charge in [-0.15, -0.1) is 0 Å². The van der Waals surface area contributed by atoms with Crippen molar-refractivity contribution < 1.29 is 17.9 Å². The van der Waals surface area contributed by atoms with E-state index in [2.05, 4.69) is 4.72 Å². The first kappa shape index (κ1) is 16.5. The topological polar surface area (TPSA) is 98.5 Å². The second kappa shape index (κ2) is 6.71. The lowest BCUT2D eigenvalue weighted by Gasteiger charge is -2.14. The molecule has 112 valence electrons. The minimum absolute atomic E-state index is 0.0174. The van der Waals surface area contributed by atoms with E-state index in [0.29, 0.717) is 5.69 Å². The van der Waals surface area contributed by atoms with Crippen LogP contribution in [0.3, 0.4) is 0 Å². The normalized spacial score (nSPS) is 13.1. The molecule has 0 aromatic heterocycles. The molecule has 0 spiro atoms. The second-order valence-electron chi connectivity index (χ2n) is 4.95. The highest BCUT2D eigenvalue weighted by atomic mass is 32.2. The third kappa shape index (κ3) is 5.58. The highest BCUT2D eigenvalue weighted by Crippen LogP contribution is 2.12. The van der Waals surface area contributed by atoms with Crippen LogP contribution in [0.4, 0.5) is 5.69 Å². The number of benzene rings is 1. The molecule has 0 amide bonds. The van der Waals surface area contributed by atoms with E-state index in [9.17, 15) is 13.2 Å². The number of anilines is 1. The molecule has 20 heavy (non-hydrogen) atoms. The summed E-state index contributed by atoms with van der Waals surface area (Å²) in [4.78, 5) is 11.6. The van der Waals surface area contributed by atoms with E-state index in [1.54, 1.807) is 24.3 Å². The van der Waals surface area contributed by atoms with Gasteiger partial charge in [0, 0.05) is 5.69 Å². The van der Waals surface area contributed by atoms with Gasteiger partial charge in [-0.3, -0.25) is 9.52 Å². The molecule has 0 bridgehead atoms. The van der Waals surface area contributed by atoms with Crippen molar-refractivity contribution in [2.45, 2.75) is 26.5 Å². The van der Waals surface area contributed by atoms with E-state index in [0.717, 1.165) is 11.8 Å². The van der Waals surface area contributed by atoms with Crippen LogP contribution in [0.25, 0.3) is 0 Å². The Kier molecular flexibility index (Phi) is 5.52. The van der Waals surface area contributed by atoms with E-state index in [-0.39, 0.29) is 12.5 Å². The summed E-state index contributed by atoms with van der Waals surface area (Å²) < 4.78 is 29.5. The van der Waals surface area contributed by atoms with Crippen LogP contribution < -0.4 is 10.5 Å². The Balaban J connectivity index is 2.56. The Labute approximate surface area is 119 Å². The molecular weight excluding hydrogens is 280 g/mol. The lowest BCUT2D eigenvalue weighted by Crippen LogP contribution is -2.36. The average Bonchev–Trinajstić information content (AvgIpc) is 2.34. The number of ether oxygens (including phenoxy) is 1. The molecule has 0 radical (unpaired) electrons. The maximum atomic E-state index is 11.6. The number of carbonyl (C=O) groups excluding carboxylic acids is 1. The minimum Gasteiger partial charge on any atom is -0.460 e. The van der Waals surface area contributed by atoms with Gasteiger partial charge in [0.25, 0.3) is 0 Å². The zero-order chi connectivity index (χ0) is 15.3. The quantitative estimate of drug-likeness (QED) is 0.766. The first-order valence-corrected chi connectivity index (χ1v) is 8.07. The summed E-state index contributed by atoms with van der Waals surface area (Å²) in [5.41, 5.74) is 6.88. The van der Waals surface area contributed by atoms with E-state index >= 15 is 0 Å². The van der Waals surface area contributed by atoms with E-state index in [1.165, 1.54) is 0 Å². The van der Waals surface area contributed by atoms with E-state index in [1.807, 2.05) is 13.8 Å². The molecule has 0 aliphatic carbocycles. The van der Waals surface area contributed by atoms with Crippen molar-refractivity contribution in [2.75, 3.05) is 11.0 Å². The number of rotatable bonds is 6. The van der Waals surface area contributed by atoms with Gasteiger partial charge in [0.1, 0.15) is 12.6 Å². The first-order valence-electron chi connectivity index (χ1n) is 6.18. The largest absolute Gasteiger partial charge is 0.460 e. The molecule has 0 aliphatic rings. The molecule has 0 heterocycles. The van der Waals surface area contributed by atoms with Crippen molar-refractivity contribution in [3.05, 3.63) is 29.8 Å². The highest BCUT2D eigenvalue weighted by molar-refractivity contribution is 7.92. The summed E-state index contributed by atoms with van der Waals surface area (Å²) in [5.74, 6) is -0.429. The lowest BCUT2D eigenvalue weighted by atomic mass is 10.1. The second-order valence-corrected chi connectivity index (χ2v) is 6.70. The van der Waals surface area contributed by atoms with Crippen molar-refractivity contribution >= 4 is 21.7 Å². The van der Waals surface area contributed by atoms with Gasteiger partial charge >= 0.3 is 5.97 Å². The van der Waals surface area contributed by atoms with Crippen LogP contribution in [0.1, 0.15) is 19.4 Å². The summed E-state index contributed by atoms with van der Waals surface area (Å²) in [6.45, 7) is 3.80. The van der Waals surface area contributed by atoms with Crippen LogP contribution in [0, 0.1) is 5.92 Å². The molecule has 1 aromatic rings. The number of nitrogens with two attached hydrogens (primary N) is 1. The fourth-order valence-corrected chi connectivity index (χ4v) is 1.97. The van der Waals surface area contributed by atoms with Crippen LogP contribution in [0.5, 0.6) is 0 Å². The summed E-state index contributed by atoms with van der Waals surface area (Å²) in [5, 5.41) is 0. The van der Waals surface area contributed by atoms with Crippen molar-refractivity contribution in [3.63, 3.8) is 0 Å². The van der Waals surface area contributed by atoms with Gasteiger partial charge in [0.2, 0.25) is 10.0 Å². The third-order valence-electron chi connectivity index (χ3n) is 2.63. The van der Waals surface area contributed by atoms with E-state index < -0.39 is 22.0 Å². The number of sulfonamides is 1.